The maximum absolute atomic E-state index is 11.5. The summed E-state index contributed by atoms with van der Waals surface area (Å²) in [6, 6.07) is -0.729. The molecule has 0 aliphatic carbocycles. The van der Waals surface area contributed by atoms with E-state index in [0.717, 1.165) is 0 Å². The molecule has 8 heteroatoms. The summed E-state index contributed by atoms with van der Waals surface area (Å²) in [6.07, 6.45) is 0. The second kappa shape index (κ2) is 13.2. The van der Waals surface area contributed by atoms with Crippen molar-refractivity contribution in [2.75, 3.05) is 52.5 Å². The van der Waals surface area contributed by atoms with Crippen molar-refractivity contribution in [2.45, 2.75) is 13.0 Å². The summed E-state index contributed by atoms with van der Waals surface area (Å²) in [5.41, 5.74) is 0. The highest BCUT2D eigenvalue weighted by molar-refractivity contribution is 7.80. The van der Waals surface area contributed by atoms with Crippen LogP contribution in [0, 0.1) is 0 Å². The minimum atomic E-state index is -0.729. The molecular formula is C12H23NO6S. The SMILES string of the molecule is COCCOCCOCCOC(=O)C(CS)NC(C)=O. The standard InChI is InChI=1S/C12H23NO6S/c1-10(14)13-11(9-20)12(15)19-8-7-18-6-5-17-4-3-16-2/h11,20H,3-9H2,1-2H3,(H,13,14). The van der Waals surface area contributed by atoms with E-state index in [9.17, 15) is 9.59 Å². The molecule has 0 aromatic heterocycles. The van der Waals surface area contributed by atoms with Crippen LogP contribution in [0.4, 0.5) is 0 Å². The number of methoxy groups -OCH3 is 1. The zero-order valence-electron chi connectivity index (χ0n) is 11.9. The summed E-state index contributed by atoms with van der Waals surface area (Å²) in [7, 11) is 1.60. The van der Waals surface area contributed by atoms with Gasteiger partial charge in [-0.1, -0.05) is 0 Å². The van der Waals surface area contributed by atoms with Gasteiger partial charge < -0.3 is 24.3 Å². The molecule has 0 spiro atoms. The van der Waals surface area contributed by atoms with E-state index in [1.54, 1.807) is 7.11 Å². The Morgan fingerprint density at radius 3 is 2.10 bits per heavy atom. The van der Waals surface area contributed by atoms with Crippen LogP contribution in [0.25, 0.3) is 0 Å². The number of thiol groups is 1. The number of amides is 1. The molecule has 0 heterocycles. The van der Waals surface area contributed by atoms with Gasteiger partial charge in [-0.25, -0.2) is 4.79 Å². The van der Waals surface area contributed by atoms with E-state index in [-0.39, 0.29) is 24.9 Å². The molecule has 0 aromatic carbocycles. The molecule has 0 radical (unpaired) electrons. The van der Waals surface area contributed by atoms with Crippen LogP contribution < -0.4 is 5.32 Å². The molecular weight excluding hydrogens is 286 g/mol. The number of nitrogens with one attached hydrogen (secondary N) is 1. The van der Waals surface area contributed by atoms with Crippen molar-refractivity contribution >= 4 is 24.5 Å². The van der Waals surface area contributed by atoms with Crippen molar-refractivity contribution in [3.63, 3.8) is 0 Å². The van der Waals surface area contributed by atoms with Crippen molar-refractivity contribution < 1.29 is 28.5 Å². The minimum Gasteiger partial charge on any atom is -0.462 e. The van der Waals surface area contributed by atoms with E-state index in [0.29, 0.717) is 26.4 Å². The van der Waals surface area contributed by atoms with Gasteiger partial charge in [0.2, 0.25) is 5.91 Å². The molecule has 0 saturated heterocycles. The highest BCUT2D eigenvalue weighted by Gasteiger charge is 2.18. The van der Waals surface area contributed by atoms with Crippen LogP contribution in [0.1, 0.15) is 6.92 Å². The molecule has 0 rings (SSSR count). The Hall–Kier alpha value is -0.830. The molecule has 0 bridgehead atoms. The first kappa shape index (κ1) is 19.2. The molecule has 1 amide bonds. The Morgan fingerprint density at radius 1 is 1.05 bits per heavy atom. The summed E-state index contributed by atoms with van der Waals surface area (Å²) in [4.78, 5) is 22.4. The van der Waals surface area contributed by atoms with Crippen LogP contribution in [-0.2, 0) is 28.5 Å². The fourth-order valence-corrected chi connectivity index (χ4v) is 1.43. The van der Waals surface area contributed by atoms with Gasteiger partial charge in [0.15, 0.2) is 0 Å². The number of hydrogen-bond acceptors (Lipinski definition) is 7. The lowest BCUT2D eigenvalue weighted by molar-refractivity contribution is -0.148. The van der Waals surface area contributed by atoms with E-state index in [1.807, 2.05) is 0 Å². The second-order valence-electron chi connectivity index (χ2n) is 3.82. The summed E-state index contributed by atoms with van der Waals surface area (Å²) in [5, 5.41) is 2.45. The predicted octanol–water partition coefficient (Wildman–Crippen LogP) is -0.356. The molecule has 7 nitrogen and oxygen atoms in total. The third-order valence-corrected chi connectivity index (χ3v) is 2.49. The Kier molecular flexibility index (Phi) is 12.6. The van der Waals surface area contributed by atoms with E-state index >= 15 is 0 Å². The molecule has 0 fully saturated rings. The molecule has 118 valence electrons. The predicted molar refractivity (Wildman–Crippen MR) is 75.9 cm³/mol. The van der Waals surface area contributed by atoms with Crippen LogP contribution in [-0.4, -0.2) is 70.4 Å². The lowest BCUT2D eigenvalue weighted by atomic mass is 10.3. The zero-order valence-corrected chi connectivity index (χ0v) is 12.8. The van der Waals surface area contributed by atoms with Gasteiger partial charge in [0, 0.05) is 19.8 Å². The van der Waals surface area contributed by atoms with Crippen molar-refractivity contribution in [1.82, 2.24) is 5.32 Å². The summed E-state index contributed by atoms with van der Waals surface area (Å²) in [6.45, 7) is 3.68. The lowest BCUT2D eigenvalue weighted by Gasteiger charge is -2.14. The van der Waals surface area contributed by atoms with Crippen LogP contribution in [0.2, 0.25) is 0 Å². The quantitative estimate of drug-likeness (QED) is 0.291. The summed E-state index contributed by atoms with van der Waals surface area (Å²) < 4.78 is 20.2. The van der Waals surface area contributed by atoms with Gasteiger partial charge in [0.05, 0.1) is 33.0 Å². The highest BCUT2D eigenvalue weighted by Crippen LogP contribution is 1.93. The summed E-state index contributed by atoms with van der Waals surface area (Å²) >= 11 is 3.98. The Balaban J connectivity index is 3.49. The highest BCUT2D eigenvalue weighted by atomic mass is 32.1. The van der Waals surface area contributed by atoms with E-state index in [4.69, 9.17) is 18.9 Å². The van der Waals surface area contributed by atoms with Crippen LogP contribution in [0.15, 0.2) is 0 Å². The Morgan fingerprint density at radius 2 is 1.60 bits per heavy atom. The van der Waals surface area contributed by atoms with Crippen LogP contribution in [0.5, 0.6) is 0 Å². The first-order valence-electron chi connectivity index (χ1n) is 6.30. The number of carbonyl (C=O) groups is 2. The van der Waals surface area contributed by atoms with E-state index in [2.05, 4.69) is 17.9 Å². The maximum atomic E-state index is 11.5. The monoisotopic (exact) mass is 309 g/mol. The van der Waals surface area contributed by atoms with Crippen molar-refractivity contribution in [3.05, 3.63) is 0 Å². The summed E-state index contributed by atoms with van der Waals surface area (Å²) in [5.74, 6) is -0.632. The first-order valence-corrected chi connectivity index (χ1v) is 6.94. The van der Waals surface area contributed by atoms with Gasteiger partial charge in [-0.15, -0.1) is 0 Å². The average molecular weight is 309 g/mol. The van der Waals surface area contributed by atoms with Gasteiger partial charge in [-0.3, -0.25) is 4.79 Å². The molecule has 1 atom stereocenters. The molecule has 0 aliphatic rings. The second-order valence-corrected chi connectivity index (χ2v) is 4.19. The van der Waals surface area contributed by atoms with Crippen molar-refractivity contribution in [2.24, 2.45) is 0 Å². The fourth-order valence-electron chi connectivity index (χ4n) is 1.19. The molecule has 0 aliphatic heterocycles. The van der Waals surface area contributed by atoms with Gasteiger partial charge in [-0.2, -0.15) is 12.6 Å². The number of rotatable bonds is 12. The van der Waals surface area contributed by atoms with Gasteiger partial charge in [-0.05, 0) is 0 Å². The largest absolute Gasteiger partial charge is 0.462 e. The number of ether oxygens (including phenoxy) is 4. The Bertz CT molecular complexity index is 277. The Labute approximate surface area is 124 Å². The normalized spacial score (nSPS) is 11.9. The average Bonchev–Trinajstić information content (AvgIpc) is 2.42. The third kappa shape index (κ3) is 11.0. The minimum absolute atomic E-state index is 0.126. The number of carbonyl (C=O) groups excluding carboxylic acids is 2. The van der Waals surface area contributed by atoms with Crippen LogP contribution in [0.3, 0.4) is 0 Å². The molecule has 20 heavy (non-hydrogen) atoms. The maximum Gasteiger partial charge on any atom is 0.329 e. The van der Waals surface area contributed by atoms with Gasteiger partial charge in [0.25, 0.3) is 0 Å². The molecule has 1 unspecified atom stereocenters. The smallest absolute Gasteiger partial charge is 0.329 e. The van der Waals surface area contributed by atoms with Gasteiger partial charge >= 0.3 is 5.97 Å². The van der Waals surface area contributed by atoms with Crippen molar-refractivity contribution in [3.8, 4) is 0 Å². The molecule has 0 saturated carbocycles. The van der Waals surface area contributed by atoms with E-state index in [1.165, 1.54) is 6.92 Å². The number of esters is 1. The topological polar surface area (TPSA) is 83.1 Å². The molecule has 1 N–H and O–H groups in total. The molecule has 0 aromatic rings. The first-order chi connectivity index (χ1) is 9.61. The number of hydrogen-bond donors (Lipinski definition) is 2. The van der Waals surface area contributed by atoms with Crippen molar-refractivity contribution in [1.29, 1.82) is 0 Å². The van der Waals surface area contributed by atoms with Crippen LogP contribution >= 0.6 is 12.6 Å². The lowest BCUT2D eigenvalue weighted by Crippen LogP contribution is -2.42. The third-order valence-electron chi connectivity index (χ3n) is 2.12. The fraction of sp³-hybridized carbons (Fsp3) is 0.833. The van der Waals surface area contributed by atoms with Gasteiger partial charge in [0.1, 0.15) is 12.6 Å². The zero-order chi connectivity index (χ0) is 15.2. The van der Waals surface area contributed by atoms with E-state index < -0.39 is 12.0 Å².